The number of hydrogen-bond acceptors (Lipinski definition) is 2. The summed E-state index contributed by atoms with van der Waals surface area (Å²) in [5.74, 6) is -0.825. The maximum absolute atomic E-state index is 13.6. The second kappa shape index (κ2) is 10.6. The Bertz CT molecular complexity index is 647. The molecule has 132 valence electrons. The molecule has 0 aliphatic heterocycles. The van der Waals surface area contributed by atoms with Gasteiger partial charge in [-0.05, 0) is 35.9 Å². The predicted molar refractivity (Wildman–Crippen MR) is 107 cm³/mol. The first-order valence-corrected chi connectivity index (χ1v) is 8.37. The van der Waals surface area contributed by atoms with Crippen LogP contribution in [0.15, 0.2) is 40.7 Å². The number of nitrogens with zero attached hydrogens (tertiary/aromatic N) is 2. The van der Waals surface area contributed by atoms with Gasteiger partial charge in [-0.15, -0.1) is 35.3 Å². The van der Waals surface area contributed by atoms with Crippen molar-refractivity contribution in [2.75, 3.05) is 27.2 Å². The third kappa shape index (κ3) is 6.01. The highest BCUT2D eigenvalue weighted by molar-refractivity contribution is 14.0. The standard InChI is InChI=1S/C17H21F2N3S.HI/c1-20-17(22(2)11-9-14-6-4-12-23-14)21-10-8-13-5-3-7-15(18)16(13)19;/h3-7,12H,8-11H2,1-2H3,(H,20,21);1H. The minimum absolute atomic E-state index is 0. The molecule has 0 aliphatic carbocycles. The lowest BCUT2D eigenvalue weighted by Crippen LogP contribution is -2.40. The number of nitrogens with one attached hydrogen (secondary N) is 1. The predicted octanol–water partition coefficient (Wildman–Crippen LogP) is 3.94. The topological polar surface area (TPSA) is 27.6 Å². The van der Waals surface area contributed by atoms with Crippen molar-refractivity contribution in [2.45, 2.75) is 12.8 Å². The Morgan fingerprint density at radius 2 is 2.00 bits per heavy atom. The molecule has 0 saturated carbocycles. The van der Waals surface area contributed by atoms with Crippen LogP contribution in [0.5, 0.6) is 0 Å². The van der Waals surface area contributed by atoms with E-state index < -0.39 is 11.6 Å². The van der Waals surface area contributed by atoms with E-state index in [1.165, 1.54) is 10.9 Å². The van der Waals surface area contributed by atoms with Gasteiger partial charge >= 0.3 is 0 Å². The average Bonchev–Trinajstić information content (AvgIpc) is 3.06. The number of halogens is 3. The lowest BCUT2D eigenvalue weighted by Gasteiger charge is -2.21. The maximum Gasteiger partial charge on any atom is 0.193 e. The fourth-order valence-corrected chi connectivity index (χ4v) is 2.97. The monoisotopic (exact) mass is 465 g/mol. The van der Waals surface area contributed by atoms with Gasteiger partial charge in [-0.3, -0.25) is 4.99 Å². The van der Waals surface area contributed by atoms with Crippen LogP contribution in [0.3, 0.4) is 0 Å². The van der Waals surface area contributed by atoms with E-state index in [2.05, 4.69) is 21.8 Å². The van der Waals surface area contributed by atoms with E-state index in [1.54, 1.807) is 24.5 Å². The fraction of sp³-hybridized carbons (Fsp3) is 0.353. The molecule has 2 aromatic rings. The first kappa shape index (κ1) is 20.8. The summed E-state index contributed by atoms with van der Waals surface area (Å²) in [6, 6.07) is 8.41. The van der Waals surface area contributed by atoms with Crippen molar-refractivity contribution in [3.05, 3.63) is 57.8 Å². The maximum atomic E-state index is 13.6. The fourth-order valence-electron chi connectivity index (χ4n) is 2.27. The highest BCUT2D eigenvalue weighted by Gasteiger charge is 2.09. The van der Waals surface area contributed by atoms with Gasteiger partial charge in [-0.2, -0.15) is 0 Å². The van der Waals surface area contributed by atoms with Gasteiger partial charge in [0.05, 0.1) is 0 Å². The lowest BCUT2D eigenvalue weighted by atomic mass is 10.1. The van der Waals surface area contributed by atoms with Crippen LogP contribution in [0.2, 0.25) is 0 Å². The van der Waals surface area contributed by atoms with E-state index in [0.29, 0.717) is 18.5 Å². The van der Waals surface area contributed by atoms with Crippen LogP contribution in [0.1, 0.15) is 10.4 Å². The summed E-state index contributed by atoms with van der Waals surface area (Å²) in [6.45, 7) is 1.34. The van der Waals surface area contributed by atoms with Crippen molar-refractivity contribution in [2.24, 2.45) is 4.99 Å². The number of benzene rings is 1. The molecule has 0 atom stereocenters. The van der Waals surface area contributed by atoms with Crippen molar-refractivity contribution in [1.82, 2.24) is 10.2 Å². The van der Waals surface area contributed by atoms with Crippen molar-refractivity contribution in [3.8, 4) is 0 Å². The van der Waals surface area contributed by atoms with Crippen molar-refractivity contribution in [3.63, 3.8) is 0 Å². The van der Waals surface area contributed by atoms with Gasteiger partial charge < -0.3 is 10.2 Å². The Hall–Kier alpha value is -1.22. The lowest BCUT2D eigenvalue weighted by molar-refractivity contribution is 0.483. The molecule has 0 saturated heterocycles. The molecule has 0 fully saturated rings. The van der Waals surface area contributed by atoms with E-state index in [4.69, 9.17) is 0 Å². The van der Waals surface area contributed by atoms with Crippen LogP contribution in [-0.4, -0.2) is 38.0 Å². The first-order chi connectivity index (χ1) is 11.1. The average molecular weight is 465 g/mol. The molecule has 0 radical (unpaired) electrons. The largest absolute Gasteiger partial charge is 0.356 e. The van der Waals surface area contributed by atoms with E-state index >= 15 is 0 Å². The number of guanidine groups is 1. The Morgan fingerprint density at radius 1 is 1.21 bits per heavy atom. The van der Waals surface area contributed by atoms with Crippen molar-refractivity contribution < 1.29 is 8.78 Å². The van der Waals surface area contributed by atoms with E-state index in [1.807, 2.05) is 18.0 Å². The highest BCUT2D eigenvalue weighted by atomic mass is 127. The number of hydrogen-bond donors (Lipinski definition) is 1. The number of thiophene rings is 1. The van der Waals surface area contributed by atoms with Gasteiger partial charge in [0.25, 0.3) is 0 Å². The van der Waals surface area contributed by atoms with Gasteiger partial charge in [0.2, 0.25) is 0 Å². The molecule has 0 spiro atoms. The molecule has 1 heterocycles. The molecule has 7 heteroatoms. The number of aliphatic imine (C=N–C) groups is 1. The zero-order chi connectivity index (χ0) is 16.7. The van der Waals surface area contributed by atoms with E-state index in [9.17, 15) is 8.78 Å². The Balaban J connectivity index is 0.00000288. The van der Waals surface area contributed by atoms with Crippen molar-refractivity contribution in [1.29, 1.82) is 0 Å². The Labute approximate surface area is 162 Å². The third-order valence-electron chi connectivity index (χ3n) is 3.56. The van der Waals surface area contributed by atoms with Gasteiger partial charge in [0.1, 0.15) is 0 Å². The van der Waals surface area contributed by atoms with Crippen LogP contribution < -0.4 is 5.32 Å². The molecule has 0 amide bonds. The molecule has 1 aromatic carbocycles. The first-order valence-electron chi connectivity index (χ1n) is 7.49. The number of likely N-dealkylation sites (N-methyl/N-ethyl adjacent to an activating group) is 1. The van der Waals surface area contributed by atoms with Crippen molar-refractivity contribution >= 4 is 41.3 Å². The molecule has 2 rings (SSSR count). The van der Waals surface area contributed by atoms with Gasteiger partial charge in [0.15, 0.2) is 17.6 Å². The molecule has 3 nitrogen and oxygen atoms in total. The summed E-state index contributed by atoms with van der Waals surface area (Å²) in [5, 5.41) is 5.25. The zero-order valence-corrected chi connectivity index (χ0v) is 16.9. The molecule has 1 aromatic heterocycles. The third-order valence-corrected chi connectivity index (χ3v) is 4.49. The molecule has 0 unspecified atom stereocenters. The zero-order valence-electron chi connectivity index (χ0n) is 13.8. The van der Waals surface area contributed by atoms with Crippen LogP contribution in [0, 0.1) is 11.6 Å². The summed E-state index contributed by atoms with van der Waals surface area (Å²) in [7, 11) is 3.68. The van der Waals surface area contributed by atoms with Crippen LogP contribution in [-0.2, 0) is 12.8 Å². The van der Waals surface area contributed by atoms with Crippen LogP contribution in [0.25, 0.3) is 0 Å². The molecular weight excluding hydrogens is 443 g/mol. The normalized spacial score (nSPS) is 11.1. The minimum Gasteiger partial charge on any atom is -0.356 e. The SMILES string of the molecule is CN=C(NCCc1cccc(F)c1F)N(C)CCc1cccs1.I. The summed E-state index contributed by atoms with van der Waals surface area (Å²) in [6.07, 6.45) is 1.36. The minimum atomic E-state index is -0.806. The van der Waals surface area contributed by atoms with Crippen LogP contribution in [0.4, 0.5) is 8.78 Å². The van der Waals surface area contributed by atoms with Gasteiger partial charge in [0, 0.05) is 32.1 Å². The Morgan fingerprint density at radius 3 is 2.67 bits per heavy atom. The quantitative estimate of drug-likeness (QED) is 0.398. The molecule has 0 bridgehead atoms. The Kier molecular flexibility index (Phi) is 9.20. The molecular formula is C17H22F2IN3S. The van der Waals surface area contributed by atoms with E-state index in [-0.39, 0.29) is 24.0 Å². The highest BCUT2D eigenvalue weighted by Crippen LogP contribution is 2.12. The van der Waals surface area contributed by atoms with Gasteiger partial charge in [-0.1, -0.05) is 18.2 Å². The van der Waals surface area contributed by atoms with E-state index in [0.717, 1.165) is 25.0 Å². The summed E-state index contributed by atoms with van der Waals surface area (Å²) in [5.41, 5.74) is 0.370. The summed E-state index contributed by atoms with van der Waals surface area (Å²) in [4.78, 5) is 7.58. The second-order valence-corrected chi connectivity index (χ2v) is 6.22. The van der Waals surface area contributed by atoms with Crippen LogP contribution >= 0.6 is 35.3 Å². The second-order valence-electron chi connectivity index (χ2n) is 5.19. The molecule has 0 aliphatic rings. The smallest absolute Gasteiger partial charge is 0.193 e. The van der Waals surface area contributed by atoms with Gasteiger partial charge in [-0.25, -0.2) is 8.78 Å². The molecule has 1 N–H and O–H groups in total. The summed E-state index contributed by atoms with van der Waals surface area (Å²) < 4.78 is 26.8. The molecule has 24 heavy (non-hydrogen) atoms. The number of rotatable bonds is 6. The summed E-state index contributed by atoms with van der Waals surface area (Å²) >= 11 is 1.74.